The highest BCUT2D eigenvalue weighted by molar-refractivity contribution is 5.57. The van der Waals surface area contributed by atoms with Crippen LogP contribution in [0.15, 0.2) is 42.6 Å². The van der Waals surface area contributed by atoms with E-state index in [1.165, 1.54) is 0 Å². The fourth-order valence-electron chi connectivity index (χ4n) is 2.06. The first-order chi connectivity index (χ1) is 9.60. The van der Waals surface area contributed by atoms with Crippen molar-refractivity contribution >= 4 is 5.82 Å². The van der Waals surface area contributed by atoms with E-state index in [-0.39, 0.29) is 6.61 Å². The van der Waals surface area contributed by atoms with E-state index in [1.54, 1.807) is 12.3 Å². The van der Waals surface area contributed by atoms with Gasteiger partial charge in [-0.25, -0.2) is 4.98 Å². The highest BCUT2D eigenvalue weighted by Gasteiger charge is 2.27. The summed E-state index contributed by atoms with van der Waals surface area (Å²) in [5.41, 5.74) is 1.62. The molecular weight excluding hydrogens is 250 g/mol. The van der Waals surface area contributed by atoms with Crippen LogP contribution >= 0.6 is 0 Å². The predicted molar refractivity (Wildman–Crippen MR) is 78.2 cm³/mol. The summed E-state index contributed by atoms with van der Waals surface area (Å²) in [4.78, 5) is 4.22. The minimum Gasteiger partial charge on any atom is -0.394 e. The summed E-state index contributed by atoms with van der Waals surface area (Å²) in [5.74, 6) is 0.493. The van der Waals surface area contributed by atoms with Crippen molar-refractivity contribution in [1.29, 1.82) is 5.26 Å². The Kier molecular flexibility index (Phi) is 4.02. The molecule has 1 aromatic carbocycles. The summed E-state index contributed by atoms with van der Waals surface area (Å²) in [6, 6.07) is 13.6. The zero-order valence-electron chi connectivity index (χ0n) is 11.6. The van der Waals surface area contributed by atoms with E-state index < -0.39 is 5.54 Å². The summed E-state index contributed by atoms with van der Waals surface area (Å²) in [7, 11) is 0. The van der Waals surface area contributed by atoms with Gasteiger partial charge in [-0.05, 0) is 31.0 Å². The molecule has 0 amide bonds. The molecule has 20 heavy (non-hydrogen) atoms. The molecule has 1 aromatic heterocycles. The fraction of sp³-hybridized carbons (Fsp3) is 0.250. The van der Waals surface area contributed by atoms with Crippen LogP contribution in [0.2, 0.25) is 0 Å². The number of nitrogens with one attached hydrogen (secondary N) is 1. The Balaban J connectivity index is 2.42. The van der Waals surface area contributed by atoms with Crippen LogP contribution in [-0.2, 0) is 5.54 Å². The monoisotopic (exact) mass is 267 g/mol. The van der Waals surface area contributed by atoms with Crippen LogP contribution in [0.25, 0.3) is 0 Å². The molecule has 1 atom stereocenters. The Morgan fingerprint density at radius 2 is 2.00 bits per heavy atom. The van der Waals surface area contributed by atoms with Crippen LogP contribution in [0.5, 0.6) is 0 Å². The summed E-state index contributed by atoms with van der Waals surface area (Å²) in [6.07, 6.45) is 1.65. The number of aliphatic hydroxyl groups is 1. The number of hydrogen-bond donors (Lipinski definition) is 2. The molecule has 0 saturated heterocycles. The van der Waals surface area contributed by atoms with E-state index in [0.29, 0.717) is 11.4 Å². The van der Waals surface area contributed by atoms with E-state index >= 15 is 0 Å². The van der Waals surface area contributed by atoms with Gasteiger partial charge < -0.3 is 10.4 Å². The molecule has 0 fully saturated rings. The zero-order valence-corrected chi connectivity index (χ0v) is 11.6. The molecule has 0 radical (unpaired) electrons. The lowest BCUT2D eigenvalue weighted by molar-refractivity contribution is 0.223. The molecule has 0 aliphatic heterocycles. The number of pyridine rings is 1. The number of aryl methyl sites for hydroxylation is 1. The average Bonchev–Trinajstić information content (AvgIpc) is 2.48. The second-order valence-corrected chi connectivity index (χ2v) is 4.94. The molecule has 2 aromatic rings. The third kappa shape index (κ3) is 2.63. The highest BCUT2D eigenvalue weighted by Crippen LogP contribution is 2.27. The largest absolute Gasteiger partial charge is 0.394 e. The number of rotatable bonds is 4. The standard InChI is InChI=1S/C16H17N3O/c1-12-8-9-18-15(14(12)10-17)19-16(2,11-20)13-6-4-3-5-7-13/h3-9,20H,11H2,1-2H3,(H,18,19). The van der Waals surface area contributed by atoms with Gasteiger partial charge in [0.15, 0.2) is 0 Å². The van der Waals surface area contributed by atoms with Crippen molar-refractivity contribution in [2.45, 2.75) is 19.4 Å². The first kappa shape index (κ1) is 14.0. The van der Waals surface area contributed by atoms with Gasteiger partial charge in [0.1, 0.15) is 11.9 Å². The lowest BCUT2D eigenvalue weighted by Gasteiger charge is -2.30. The Labute approximate surface area is 118 Å². The molecule has 4 heteroatoms. The Bertz CT molecular complexity index is 634. The van der Waals surface area contributed by atoms with Crippen molar-refractivity contribution in [3.63, 3.8) is 0 Å². The van der Waals surface area contributed by atoms with Crippen LogP contribution < -0.4 is 5.32 Å². The second-order valence-electron chi connectivity index (χ2n) is 4.94. The number of hydrogen-bond acceptors (Lipinski definition) is 4. The Morgan fingerprint density at radius 3 is 2.60 bits per heavy atom. The van der Waals surface area contributed by atoms with E-state index in [0.717, 1.165) is 11.1 Å². The van der Waals surface area contributed by atoms with Crippen LogP contribution in [0.3, 0.4) is 0 Å². The van der Waals surface area contributed by atoms with Gasteiger partial charge in [0.2, 0.25) is 0 Å². The summed E-state index contributed by atoms with van der Waals surface area (Å²) in [5, 5.41) is 22.2. The third-order valence-corrected chi connectivity index (χ3v) is 3.39. The predicted octanol–water partition coefficient (Wildman–Crippen LogP) is 2.58. The van der Waals surface area contributed by atoms with Gasteiger partial charge in [-0.3, -0.25) is 0 Å². The van der Waals surface area contributed by atoms with Crippen molar-refractivity contribution in [1.82, 2.24) is 4.98 Å². The van der Waals surface area contributed by atoms with Crippen molar-refractivity contribution < 1.29 is 5.11 Å². The van der Waals surface area contributed by atoms with E-state index in [1.807, 2.05) is 44.2 Å². The number of benzene rings is 1. The minimum atomic E-state index is -0.687. The SMILES string of the molecule is Cc1ccnc(NC(C)(CO)c2ccccc2)c1C#N. The first-order valence-corrected chi connectivity index (χ1v) is 6.41. The second kappa shape index (κ2) is 5.72. The van der Waals surface area contributed by atoms with Gasteiger partial charge >= 0.3 is 0 Å². The van der Waals surface area contributed by atoms with Gasteiger partial charge in [-0.15, -0.1) is 0 Å². The Morgan fingerprint density at radius 1 is 1.30 bits per heavy atom. The molecule has 1 unspecified atom stereocenters. The van der Waals surface area contributed by atoms with E-state index in [2.05, 4.69) is 16.4 Å². The number of nitriles is 1. The first-order valence-electron chi connectivity index (χ1n) is 6.41. The molecule has 0 saturated carbocycles. The quantitative estimate of drug-likeness (QED) is 0.893. The number of anilines is 1. The fourth-order valence-corrected chi connectivity index (χ4v) is 2.06. The maximum absolute atomic E-state index is 9.76. The Hall–Kier alpha value is -2.38. The zero-order chi connectivity index (χ0) is 14.6. The van der Waals surface area contributed by atoms with E-state index in [9.17, 15) is 10.4 Å². The maximum atomic E-state index is 9.76. The molecule has 0 bridgehead atoms. The molecule has 0 aliphatic rings. The lowest BCUT2D eigenvalue weighted by atomic mass is 9.92. The maximum Gasteiger partial charge on any atom is 0.144 e. The van der Waals surface area contributed by atoms with Gasteiger partial charge in [0.05, 0.1) is 17.7 Å². The van der Waals surface area contributed by atoms with Gasteiger partial charge in [-0.1, -0.05) is 30.3 Å². The number of nitrogens with zero attached hydrogens (tertiary/aromatic N) is 2. The molecule has 2 N–H and O–H groups in total. The summed E-state index contributed by atoms with van der Waals surface area (Å²) < 4.78 is 0. The summed E-state index contributed by atoms with van der Waals surface area (Å²) >= 11 is 0. The third-order valence-electron chi connectivity index (χ3n) is 3.39. The van der Waals surface area contributed by atoms with Crippen LogP contribution in [0, 0.1) is 18.3 Å². The number of aliphatic hydroxyl groups excluding tert-OH is 1. The normalized spacial score (nSPS) is 13.3. The van der Waals surface area contributed by atoms with Crippen molar-refractivity contribution in [2.24, 2.45) is 0 Å². The minimum absolute atomic E-state index is 0.0997. The molecule has 0 aliphatic carbocycles. The lowest BCUT2D eigenvalue weighted by Crippen LogP contribution is -2.36. The number of aromatic nitrogens is 1. The molecule has 102 valence electrons. The molecular formula is C16H17N3O. The van der Waals surface area contributed by atoms with Gasteiger partial charge in [0.25, 0.3) is 0 Å². The highest BCUT2D eigenvalue weighted by atomic mass is 16.3. The van der Waals surface area contributed by atoms with E-state index in [4.69, 9.17) is 0 Å². The topological polar surface area (TPSA) is 68.9 Å². The van der Waals surface area contributed by atoms with Crippen LogP contribution in [0.4, 0.5) is 5.82 Å². The average molecular weight is 267 g/mol. The molecule has 1 heterocycles. The summed E-state index contributed by atoms with van der Waals surface area (Å²) in [6.45, 7) is 3.65. The van der Waals surface area contributed by atoms with Gasteiger partial charge in [-0.2, -0.15) is 5.26 Å². The van der Waals surface area contributed by atoms with Crippen LogP contribution in [0.1, 0.15) is 23.6 Å². The van der Waals surface area contributed by atoms with Gasteiger partial charge in [0, 0.05) is 6.20 Å². The molecule has 2 rings (SSSR count). The van der Waals surface area contributed by atoms with Crippen molar-refractivity contribution in [2.75, 3.05) is 11.9 Å². The smallest absolute Gasteiger partial charge is 0.144 e. The molecule has 4 nitrogen and oxygen atoms in total. The van der Waals surface area contributed by atoms with Crippen molar-refractivity contribution in [3.05, 3.63) is 59.3 Å². The van der Waals surface area contributed by atoms with Crippen LogP contribution in [-0.4, -0.2) is 16.7 Å². The van der Waals surface area contributed by atoms with Crippen molar-refractivity contribution in [3.8, 4) is 6.07 Å². The molecule has 0 spiro atoms.